The molecule has 5 heteroatoms. The molecule has 2 heterocycles. The summed E-state index contributed by atoms with van der Waals surface area (Å²) >= 11 is 5.75. The number of ether oxygens (including phenoxy) is 1. The number of likely N-dealkylation sites (tertiary alicyclic amines) is 1. The van der Waals surface area contributed by atoms with Gasteiger partial charge in [-0.2, -0.15) is 0 Å². The van der Waals surface area contributed by atoms with E-state index in [1.165, 1.54) is 13.0 Å². The summed E-state index contributed by atoms with van der Waals surface area (Å²) in [5, 5.41) is 0.538. The zero-order valence-corrected chi connectivity index (χ0v) is 12.4. The van der Waals surface area contributed by atoms with Crippen molar-refractivity contribution in [2.75, 3.05) is 19.6 Å². The normalized spacial score (nSPS) is 17.9. The number of halogens is 1. The van der Waals surface area contributed by atoms with E-state index in [2.05, 4.69) is 28.7 Å². The molecule has 0 aromatic carbocycles. The Morgan fingerprint density at radius 3 is 2.53 bits per heavy atom. The Morgan fingerprint density at radius 1 is 1.32 bits per heavy atom. The molecule has 0 bridgehead atoms. The third-order valence-corrected chi connectivity index (χ3v) is 3.62. The maximum absolute atomic E-state index is 5.78. The lowest BCUT2D eigenvalue weighted by Gasteiger charge is -2.31. The van der Waals surface area contributed by atoms with E-state index in [9.17, 15) is 0 Å². The molecule has 1 fully saturated rings. The molecule has 0 radical (unpaired) electrons. The lowest BCUT2D eigenvalue weighted by Crippen LogP contribution is -2.39. The molecule has 1 aromatic rings. The number of nitrogens with zero attached hydrogens (tertiary/aromatic N) is 3. The maximum atomic E-state index is 5.78. The van der Waals surface area contributed by atoms with Crippen LogP contribution in [0.2, 0.25) is 5.02 Å². The smallest absolute Gasteiger partial charge is 0.316 e. The molecular formula is C14H22ClN3O. The van der Waals surface area contributed by atoms with Gasteiger partial charge < -0.3 is 9.64 Å². The van der Waals surface area contributed by atoms with Gasteiger partial charge in [-0.25, -0.2) is 9.97 Å². The van der Waals surface area contributed by atoms with Gasteiger partial charge in [-0.3, -0.25) is 0 Å². The van der Waals surface area contributed by atoms with Gasteiger partial charge in [0, 0.05) is 13.1 Å². The van der Waals surface area contributed by atoms with Crippen molar-refractivity contribution in [3.63, 3.8) is 0 Å². The fourth-order valence-corrected chi connectivity index (χ4v) is 2.30. The lowest BCUT2D eigenvalue weighted by atomic mass is 10.1. The number of aromatic nitrogens is 2. The Hall–Kier alpha value is -0.870. The molecule has 0 aliphatic carbocycles. The number of rotatable bonds is 5. The van der Waals surface area contributed by atoms with Crippen molar-refractivity contribution in [3.05, 3.63) is 17.4 Å². The van der Waals surface area contributed by atoms with Gasteiger partial charge in [-0.15, -0.1) is 0 Å². The van der Waals surface area contributed by atoms with E-state index in [4.69, 9.17) is 16.3 Å². The van der Waals surface area contributed by atoms with Gasteiger partial charge in [0.25, 0.3) is 0 Å². The first-order chi connectivity index (χ1) is 9.13. The highest BCUT2D eigenvalue weighted by Crippen LogP contribution is 2.17. The van der Waals surface area contributed by atoms with Crippen LogP contribution in [-0.4, -0.2) is 40.6 Å². The Labute approximate surface area is 120 Å². The summed E-state index contributed by atoms with van der Waals surface area (Å²) in [4.78, 5) is 10.7. The molecule has 0 saturated carbocycles. The highest BCUT2D eigenvalue weighted by Gasteiger charge is 2.21. The average molecular weight is 284 g/mol. The molecule has 2 rings (SSSR count). The van der Waals surface area contributed by atoms with Crippen LogP contribution in [0, 0.1) is 5.92 Å². The Balaban J connectivity index is 1.72. The summed E-state index contributed by atoms with van der Waals surface area (Å²) in [6.45, 7) is 7.94. The highest BCUT2D eigenvalue weighted by molar-refractivity contribution is 6.30. The van der Waals surface area contributed by atoms with E-state index in [-0.39, 0.29) is 6.10 Å². The molecule has 0 spiro atoms. The van der Waals surface area contributed by atoms with E-state index < -0.39 is 0 Å². The van der Waals surface area contributed by atoms with Crippen LogP contribution in [0.3, 0.4) is 0 Å². The minimum Gasteiger partial charge on any atom is -0.460 e. The van der Waals surface area contributed by atoms with Crippen LogP contribution in [0.15, 0.2) is 12.4 Å². The molecule has 0 unspecified atom stereocenters. The van der Waals surface area contributed by atoms with Crippen LogP contribution in [0.25, 0.3) is 0 Å². The second-order valence-electron chi connectivity index (χ2n) is 5.53. The minimum atomic E-state index is 0.233. The summed E-state index contributed by atoms with van der Waals surface area (Å²) in [5.74, 6) is 0.774. The van der Waals surface area contributed by atoms with Crippen molar-refractivity contribution in [1.29, 1.82) is 0 Å². The lowest BCUT2D eigenvalue weighted by molar-refractivity contribution is 0.0904. The van der Waals surface area contributed by atoms with Crippen molar-refractivity contribution in [2.24, 2.45) is 5.92 Å². The molecule has 0 atom stereocenters. The van der Waals surface area contributed by atoms with Gasteiger partial charge in [0.15, 0.2) is 0 Å². The van der Waals surface area contributed by atoms with Gasteiger partial charge in [-0.1, -0.05) is 25.4 Å². The standard InChI is InChI=1S/C14H22ClN3O/c1-11(2)3-6-18-7-4-13(5-8-18)19-14-16-9-12(15)10-17-14/h9-11,13H,3-8H2,1-2H3. The third kappa shape index (κ3) is 4.96. The molecule has 0 N–H and O–H groups in total. The van der Waals surface area contributed by atoms with Gasteiger partial charge in [-0.05, 0) is 31.7 Å². The fraction of sp³-hybridized carbons (Fsp3) is 0.714. The predicted molar refractivity (Wildman–Crippen MR) is 76.6 cm³/mol. The summed E-state index contributed by atoms with van der Waals surface area (Å²) in [5.41, 5.74) is 0. The van der Waals surface area contributed by atoms with E-state index in [1.807, 2.05) is 0 Å². The molecule has 1 aliphatic rings. The molecule has 106 valence electrons. The van der Waals surface area contributed by atoms with Crippen molar-refractivity contribution in [1.82, 2.24) is 14.9 Å². The van der Waals surface area contributed by atoms with Crippen LogP contribution < -0.4 is 4.74 Å². The van der Waals surface area contributed by atoms with E-state index in [1.54, 1.807) is 12.4 Å². The molecule has 1 aliphatic heterocycles. The Morgan fingerprint density at radius 2 is 1.95 bits per heavy atom. The van der Waals surface area contributed by atoms with Crippen LogP contribution in [-0.2, 0) is 0 Å². The maximum Gasteiger partial charge on any atom is 0.316 e. The fourth-order valence-electron chi connectivity index (χ4n) is 2.20. The van der Waals surface area contributed by atoms with Gasteiger partial charge in [0.2, 0.25) is 0 Å². The second-order valence-corrected chi connectivity index (χ2v) is 5.96. The molecule has 4 nitrogen and oxygen atoms in total. The van der Waals surface area contributed by atoms with Crippen molar-refractivity contribution < 1.29 is 4.74 Å². The average Bonchev–Trinajstić information content (AvgIpc) is 2.40. The van der Waals surface area contributed by atoms with Crippen LogP contribution >= 0.6 is 11.6 Å². The molecule has 19 heavy (non-hydrogen) atoms. The van der Waals surface area contributed by atoms with E-state index >= 15 is 0 Å². The summed E-state index contributed by atoms with van der Waals surface area (Å²) < 4.78 is 5.78. The molecule has 1 saturated heterocycles. The Kier molecular flexibility index (Phi) is 5.40. The monoisotopic (exact) mass is 283 g/mol. The number of piperidine rings is 1. The summed E-state index contributed by atoms with van der Waals surface area (Å²) in [6, 6.07) is 0.435. The second kappa shape index (κ2) is 7.06. The topological polar surface area (TPSA) is 38.2 Å². The highest BCUT2D eigenvalue weighted by atomic mass is 35.5. The molecule has 1 aromatic heterocycles. The zero-order valence-electron chi connectivity index (χ0n) is 11.7. The molecular weight excluding hydrogens is 262 g/mol. The van der Waals surface area contributed by atoms with Crippen molar-refractivity contribution in [2.45, 2.75) is 39.2 Å². The first kappa shape index (κ1) is 14.5. The minimum absolute atomic E-state index is 0.233. The van der Waals surface area contributed by atoms with Crippen LogP contribution in [0.5, 0.6) is 6.01 Å². The zero-order chi connectivity index (χ0) is 13.7. The van der Waals surface area contributed by atoms with Crippen LogP contribution in [0.4, 0.5) is 0 Å². The third-order valence-electron chi connectivity index (χ3n) is 3.43. The number of hydrogen-bond acceptors (Lipinski definition) is 4. The van der Waals surface area contributed by atoms with E-state index in [0.29, 0.717) is 11.0 Å². The Bertz CT molecular complexity index is 375. The first-order valence-corrected chi connectivity index (χ1v) is 7.38. The van der Waals surface area contributed by atoms with Gasteiger partial charge in [0.1, 0.15) is 6.10 Å². The quantitative estimate of drug-likeness (QED) is 0.833. The summed E-state index contributed by atoms with van der Waals surface area (Å²) in [6.07, 6.45) is 6.74. The first-order valence-electron chi connectivity index (χ1n) is 7.00. The van der Waals surface area contributed by atoms with E-state index in [0.717, 1.165) is 31.8 Å². The van der Waals surface area contributed by atoms with Crippen molar-refractivity contribution >= 4 is 11.6 Å². The summed E-state index contributed by atoms with van der Waals surface area (Å²) in [7, 11) is 0. The number of hydrogen-bond donors (Lipinski definition) is 0. The van der Waals surface area contributed by atoms with Crippen LogP contribution in [0.1, 0.15) is 33.1 Å². The van der Waals surface area contributed by atoms with Gasteiger partial charge >= 0.3 is 6.01 Å². The largest absolute Gasteiger partial charge is 0.460 e. The molecule has 0 amide bonds. The van der Waals surface area contributed by atoms with Gasteiger partial charge in [0.05, 0.1) is 17.4 Å². The SMILES string of the molecule is CC(C)CCN1CCC(Oc2ncc(Cl)cn2)CC1. The predicted octanol–water partition coefficient (Wildman–Crippen LogP) is 3.02. The van der Waals surface area contributed by atoms with Crippen molar-refractivity contribution in [3.8, 4) is 6.01 Å².